The quantitative estimate of drug-likeness (QED) is 0.382. The van der Waals surface area contributed by atoms with Crippen LogP contribution in [0.15, 0.2) is 71.5 Å². The second-order valence-corrected chi connectivity index (χ2v) is 9.20. The Labute approximate surface area is 198 Å². The topological polar surface area (TPSA) is 51.0 Å². The molecule has 5 nitrogen and oxygen atoms in total. The molecule has 0 saturated carbocycles. The molecule has 6 heteroatoms. The average Bonchev–Trinajstić information content (AvgIpc) is 3.39. The molecule has 0 bridgehead atoms. The minimum atomic E-state index is -0.109. The van der Waals surface area contributed by atoms with Gasteiger partial charge >= 0.3 is 0 Å². The molecule has 1 aliphatic heterocycles. The fraction of sp³-hybridized carbons (Fsp3) is 0.296. The molecule has 0 spiro atoms. The van der Waals surface area contributed by atoms with Gasteiger partial charge in [0.2, 0.25) is 0 Å². The largest absolute Gasteiger partial charge is 0.297 e. The van der Waals surface area contributed by atoms with E-state index in [1.807, 2.05) is 42.5 Å². The molecule has 33 heavy (non-hydrogen) atoms. The van der Waals surface area contributed by atoms with E-state index in [0.717, 1.165) is 17.5 Å². The third-order valence-corrected chi connectivity index (χ3v) is 6.92. The zero-order valence-corrected chi connectivity index (χ0v) is 19.5. The van der Waals surface area contributed by atoms with Crippen LogP contribution in [-0.4, -0.2) is 33.0 Å². The molecule has 0 aliphatic carbocycles. The van der Waals surface area contributed by atoms with Gasteiger partial charge in [-0.1, -0.05) is 59.3 Å². The van der Waals surface area contributed by atoms with Crippen molar-refractivity contribution in [2.75, 3.05) is 13.1 Å². The first kappa shape index (κ1) is 21.8. The van der Waals surface area contributed by atoms with E-state index in [1.54, 1.807) is 0 Å². The standard InChI is InChI=1S/C27H27ClN4O/c1-19(31-15-2-3-16-31)21-6-4-20(5-7-21)14-17-32-27(33)25-13-10-23(18-26(25)29-30-32)22-8-11-24(28)12-9-22/h4-13,18-19H,2-3,14-17H2,1H3. The Bertz CT molecular complexity index is 1310. The van der Waals surface area contributed by atoms with E-state index in [9.17, 15) is 4.79 Å². The summed E-state index contributed by atoms with van der Waals surface area (Å²) in [5.74, 6) is 0. The predicted octanol–water partition coefficient (Wildman–Crippen LogP) is 5.51. The summed E-state index contributed by atoms with van der Waals surface area (Å²) in [5, 5.41) is 9.79. The van der Waals surface area contributed by atoms with Crippen molar-refractivity contribution in [3.63, 3.8) is 0 Å². The Kier molecular flexibility index (Phi) is 6.25. The number of likely N-dealkylation sites (tertiary alicyclic amines) is 1. The first-order valence-corrected chi connectivity index (χ1v) is 11.9. The molecule has 1 fully saturated rings. The van der Waals surface area contributed by atoms with Gasteiger partial charge in [-0.2, -0.15) is 0 Å². The SMILES string of the molecule is CC(c1ccc(CCn2nnc3cc(-c4ccc(Cl)cc4)ccc3c2=O)cc1)N1CCCC1. The number of hydrogen-bond donors (Lipinski definition) is 0. The van der Waals surface area contributed by atoms with Gasteiger partial charge in [0.1, 0.15) is 5.52 Å². The molecular weight excluding hydrogens is 432 g/mol. The highest BCUT2D eigenvalue weighted by molar-refractivity contribution is 6.30. The first-order chi connectivity index (χ1) is 16.1. The molecule has 1 atom stereocenters. The molecule has 1 aliphatic rings. The van der Waals surface area contributed by atoms with Crippen LogP contribution in [0.4, 0.5) is 0 Å². The zero-order valence-electron chi connectivity index (χ0n) is 18.7. The highest BCUT2D eigenvalue weighted by Crippen LogP contribution is 2.25. The molecule has 1 unspecified atom stereocenters. The van der Waals surface area contributed by atoms with E-state index in [0.29, 0.717) is 28.5 Å². The van der Waals surface area contributed by atoms with Crippen molar-refractivity contribution in [1.29, 1.82) is 0 Å². The lowest BCUT2D eigenvalue weighted by Crippen LogP contribution is -2.25. The van der Waals surface area contributed by atoms with Crippen LogP contribution in [0.5, 0.6) is 0 Å². The van der Waals surface area contributed by atoms with Crippen LogP contribution in [0.2, 0.25) is 5.02 Å². The Hall–Kier alpha value is -3.02. The van der Waals surface area contributed by atoms with E-state index in [-0.39, 0.29) is 5.56 Å². The Morgan fingerprint density at radius 1 is 0.939 bits per heavy atom. The van der Waals surface area contributed by atoms with Crippen molar-refractivity contribution in [1.82, 2.24) is 19.9 Å². The second kappa shape index (κ2) is 9.46. The highest BCUT2D eigenvalue weighted by atomic mass is 35.5. The maximum absolute atomic E-state index is 13.0. The normalized spacial score (nSPS) is 15.2. The molecule has 3 aromatic carbocycles. The Morgan fingerprint density at radius 3 is 2.36 bits per heavy atom. The summed E-state index contributed by atoms with van der Waals surface area (Å²) in [6.45, 7) is 5.16. The zero-order chi connectivity index (χ0) is 22.8. The molecule has 1 aromatic heterocycles. The summed E-state index contributed by atoms with van der Waals surface area (Å²) in [7, 11) is 0. The summed E-state index contributed by atoms with van der Waals surface area (Å²) in [5.41, 5.74) is 5.04. The lowest BCUT2D eigenvalue weighted by Gasteiger charge is -2.24. The molecule has 0 radical (unpaired) electrons. The second-order valence-electron chi connectivity index (χ2n) is 8.77. The minimum absolute atomic E-state index is 0.109. The highest BCUT2D eigenvalue weighted by Gasteiger charge is 2.19. The number of hydrogen-bond acceptors (Lipinski definition) is 4. The number of fused-ring (bicyclic) bond motifs is 1. The van der Waals surface area contributed by atoms with Crippen LogP contribution in [0.1, 0.15) is 36.9 Å². The lowest BCUT2D eigenvalue weighted by atomic mass is 10.0. The number of nitrogens with zero attached hydrogens (tertiary/aromatic N) is 4. The summed E-state index contributed by atoms with van der Waals surface area (Å²) >= 11 is 5.99. The van der Waals surface area contributed by atoms with Crippen molar-refractivity contribution < 1.29 is 0 Å². The number of aryl methyl sites for hydroxylation is 2. The molecule has 5 rings (SSSR count). The minimum Gasteiger partial charge on any atom is -0.297 e. The van der Waals surface area contributed by atoms with Crippen molar-refractivity contribution in [2.45, 2.75) is 38.8 Å². The molecule has 1 saturated heterocycles. The number of benzene rings is 3. The fourth-order valence-corrected chi connectivity index (χ4v) is 4.71. The van der Waals surface area contributed by atoms with Gasteiger partial charge in [-0.25, -0.2) is 4.68 Å². The van der Waals surface area contributed by atoms with Gasteiger partial charge in [-0.05, 0) is 85.8 Å². The summed E-state index contributed by atoms with van der Waals surface area (Å²) in [6.07, 6.45) is 3.33. The third-order valence-electron chi connectivity index (χ3n) is 6.66. The van der Waals surface area contributed by atoms with Crippen LogP contribution >= 0.6 is 11.6 Å². The van der Waals surface area contributed by atoms with Crippen molar-refractivity contribution >= 4 is 22.5 Å². The smallest absolute Gasteiger partial charge is 0.277 e. The maximum Gasteiger partial charge on any atom is 0.277 e. The summed E-state index contributed by atoms with van der Waals surface area (Å²) < 4.78 is 1.46. The fourth-order valence-electron chi connectivity index (χ4n) is 4.58. The first-order valence-electron chi connectivity index (χ1n) is 11.5. The average molecular weight is 459 g/mol. The molecule has 2 heterocycles. The van der Waals surface area contributed by atoms with E-state index in [4.69, 9.17) is 11.6 Å². The Balaban J connectivity index is 1.30. The van der Waals surface area contributed by atoms with Gasteiger partial charge in [-0.3, -0.25) is 9.69 Å². The number of aromatic nitrogens is 3. The molecule has 0 amide bonds. The van der Waals surface area contributed by atoms with Crippen LogP contribution in [0.25, 0.3) is 22.0 Å². The van der Waals surface area contributed by atoms with Crippen molar-refractivity contribution in [3.05, 3.63) is 93.2 Å². The van der Waals surface area contributed by atoms with Gasteiger partial charge in [-0.15, -0.1) is 5.10 Å². The van der Waals surface area contributed by atoms with E-state index in [1.165, 1.54) is 41.7 Å². The summed E-state index contributed by atoms with van der Waals surface area (Å²) in [4.78, 5) is 15.5. The molecular formula is C27H27ClN4O. The predicted molar refractivity (Wildman–Crippen MR) is 134 cm³/mol. The van der Waals surface area contributed by atoms with Gasteiger partial charge < -0.3 is 0 Å². The van der Waals surface area contributed by atoms with E-state index < -0.39 is 0 Å². The number of rotatable bonds is 6. The van der Waals surface area contributed by atoms with Crippen molar-refractivity contribution in [3.8, 4) is 11.1 Å². The van der Waals surface area contributed by atoms with E-state index in [2.05, 4.69) is 46.4 Å². The molecule has 0 N–H and O–H groups in total. The Morgan fingerprint density at radius 2 is 1.64 bits per heavy atom. The van der Waals surface area contributed by atoms with Gasteiger partial charge in [0, 0.05) is 11.1 Å². The maximum atomic E-state index is 13.0. The van der Waals surface area contributed by atoms with Crippen LogP contribution in [-0.2, 0) is 13.0 Å². The van der Waals surface area contributed by atoms with Gasteiger partial charge in [0.05, 0.1) is 11.9 Å². The van der Waals surface area contributed by atoms with Gasteiger partial charge in [0.25, 0.3) is 5.56 Å². The molecule has 4 aromatic rings. The third kappa shape index (κ3) is 4.70. The summed E-state index contributed by atoms with van der Waals surface area (Å²) in [6, 6.07) is 22.5. The van der Waals surface area contributed by atoms with Crippen molar-refractivity contribution in [2.24, 2.45) is 0 Å². The van der Waals surface area contributed by atoms with Crippen LogP contribution in [0, 0.1) is 0 Å². The monoisotopic (exact) mass is 458 g/mol. The number of halogens is 1. The van der Waals surface area contributed by atoms with Gasteiger partial charge in [0.15, 0.2) is 0 Å². The molecule has 168 valence electrons. The van der Waals surface area contributed by atoms with Crippen LogP contribution in [0.3, 0.4) is 0 Å². The lowest BCUT2D eigenvalue weighted by molar-refractivity contribution is 0.263. The van der Waals surface area contributed by atoms with Crippen LogP contribution < -0.4 is 5.56 Å². The van der Waals surface area contributed by atoms with E-state index >= 15 is 0 Å².